The number of nitriles is 1. The highest BCUT2D eigenvalue weighted by Crippen LogP contribution is 2.58. The Labute approximate surface area is 269 Å². The number of amides is 1. The van der Waals surface area contributed by atoms with E-state index in [1.54, 1.807) is 4.90 Å². The standard InChI is InChI=1S/C33H30Cl2F3N3O4/c1-32(2,3)14-26-33(15-39,20-10-9-17(34)11-23(20)37)27(18-7-6-8-21(35)28(18)38)29-30(42)40(16-41(26)29)24-13-22(36)19(31(43)45-5)12-25(24)44-4/h6-13,26-27,29H,14,16H2,1-5H3/t26-,27-,29+,33-/m0/s1. The van der Waals surface area contributed by atoms with Crippen molar-refractivity contribution in [1.29, 1.82) is 5.26 Å². The smallest absolute Gasteiger partial charge is 0.340 e. The molecule has 0 spiro atoms. The molecule has 236 valence electrons. The van der Waals surface area contributed by atoms with E-state index < -0.39 is 63.7 Å². The summed E-state index contributed by atoms with van der Waals surface area (Å²) in [5.74, 6) is -5.35. The molecular weight excluding hydrogens is 630 g/mol. The minimum Gasteiger partial charge on any atom is -0.495 e. The van der Waals surface area contributed by atoms with Crippen LogP contribution in [-0.2, 0) is 14.9 Å². The van der Waals surface area contributed by atoms with Crippen molar-refractivity contribution in [2.24, 2.45) is 5.41 Å². The van der Waals surface area contributed by atoms with Gasteiger partial charge in [-0.3, -0.25) is 14.6 Å². The van der Waals surface area contributed by atoms with E-state index in [0.29, 0.717) is 0 Å². The zero-order chi connectivity index (χ0) is 33.0. The van der Waals surface area contributed by atoms with Crippen LogP contribution in [0.1, 0.15) is 54.6 Å². The van der Waals surface area contributed by atoms with Gasteiger partial charge in [0, 0.05) is 28.6 Å². The van der Waals surface area contributed by atoms with Gasteiger partial charge in [0.1, 0.15) is 34.7 Å². The topological polar surface area (TPSA) is 82.9 Å². The van der Waals surface area contributed by atoms with E-state index >= 15 is 13.2 Å². The summed E-state index contributed by atoms with van der Waals surface area (Å²) in [5, 5.41) is 11.0. The van der Waals surface area contributed by atoms with Crippen LogP contribution in [-0.4, -0.2) is 49.7 Å². The predicted octanol–water partition coefficient (Wildman–Crippen LogP) is 7.24. The van der Waals surface area contributed by atoms with E-state index in [-0.39, 0.29) is 45.7 Å². The molecule has 0 aliphatic carbocycles. The van der Waals surface area contributed by atoms with Crippen LogP contribution in [0.25, 0.3) is 0 Å². The van der Waals surface area contributed by atoms with Crippen molar-refractivity contribution >= 4 is 40.8 Å². The molecule has 1 amide bonds. The first-order chi connectivity index (χ1) is 21.2. The molecule has 2 aliphatic rings. The molecule has 45 heavy (non-hydrogen) atoms. The third kappa shape index (κ3) is 5.31. The molecule has 0 unspecified atom stereocenters. The molecule has 2 aliphatic heterocycles. The van der Waals surface area contributed by atoms with Crippen LogP contribution in [0, 0.1) is 34.2 Å². The van der Waals surface area contributed by atoms with Crippen molar-refractivity contribution < 1.29 is 32.2 Å². The lowest BCUT2D eigenvalue weighted by Crippen LogP contribution is -2.48. The number of fused-ring (bicyclic) bond motifs is 1. The zero-order valence-electron chi connectivity index (χ0n) is 25.1. The van der Waals surface area contributed by atoms with Crippen molar-refractivity contribution in [2.75, 3.05) is 25.8 Å². The second-order valence-corrected chi connectivity index (χ2v) is 13.2. The van der Waals surface area contributed by atoms with Crippen LogP contribution in [0.15, 0.2) is 48.5 Å². The number of esters is 1. The number of anilines is 1. The summed E-state index contributed by atoms with van der Waals surface area (Å²) >= 11 is 12.3. The molecule has 5 rings (SSSR count). The van der Waals surface area contributed by atoms with Crippen LogP contribution in [0.4, 0.5) is 18.9 Å². The Kier molecular flexibility index (Phi) is 8.60. The SMILES string of the molecule is COC(=O)c1cc(OC)c(N2CN3[C@@H](CC(C)(C)C)[C@](C#N)(c4ccc(Cl)cc4F)[C@@H](c4cccc(Cl)c4F)[C@@H]3C2=O)cc1F. The third-order valence-corrected chi connectivity index (χ3v) is 9.09. The number of hydrogen-bond acceptors (Lipinski definition) is 6. The first kappa shape index (κ1) is 32.6. The number of benzene rings is 3. The Hall–Kier alpha value is -3.78. The number of methoxy groups -OCH3 is 2. The largest absolute Gasteiger partial charge is 0.495 e. The minimum absolute atomic E-state index is 0.0134. The van der Waals surface area contributed by atoms with Gasteiger partial charge in [0.25, 0.3) is 0 Å². The lowest BCUT2D eigenvalue weighted by Gasteiger charge is -2.40. The Balaban J connectivity index is 1.78. The number of halogens is 5. The van der Waals surface area contributed by atoms with E-state index in [0.717, 1.165) is 25.3 Å². The number of carbonyl (C=O) groups excluding carboxylic acids is 2. The molecule has 2 heterocycles. The highest BCUT2D eigenvalue weighted by atomic mass is 35.5. The Bertz CT molecular complexity index is 1740. The molecule has 0 saturated carbocycles. The summed E-state index contributed by atoms with van der Waals surface area (Å²) in [7, 11) is 2.41. The van der Waals surface area contributed by atoms with E-state index in [9.17, 15) is 14.9 Å². The Morgan fingerprint density at radius 2 is 1.80 bits per heavy atom. The highest BCUT2D eigenvalue weighted by Gasteiger charge is 2.67. The maximum atomic E-state index is 16.0. The molecule has 0 bridgehead atoms. The van der Waals surface area contributed by atoms with Gasteiger partial charge in [-0.05, 0) is 41.7 Å². The number of hydrogen-bond donors (Lipinski definition) is 0. The van der Waals surface area contributed by atoms with Gasteiger partial charge in [0.2, 0.25) is 5.91 Å². The van der Waals surface area contributed by atoms with E-state index in [2.05, 4.69) is 10.8 Å². The van der Waals surface area contributed by atoms with Gasteiger partial charge < -0.3 is 9.47 Å². The Morgan fingerprint density at radius 1 is 1.09 bits per heavy atom. The fraction of sp³-hybridized carbons (Fsp3) is 0.364. The van der Waals surface area contributed by atoms with Gasteiger partial charge in [0.15, 0.2) is 0 Å². The molecule has 7 nitrogen and oxygen atoms in total. The first-order valence-corrected chi connectivity index (χ1v) is 14.8. The maximum Gasteiger partial charge on any atom is 0.340 e. The monoisotopic (exact) mass is 659 g/mol. The number of carbonyl (C=O) groups is 2. The quantitative estimate of drug-likeness (QED) is 0.259. The third-order valence-electron chi connectivity index (χ3n) is 8.56. The van der Waals surface area contributed by atoms with Gasteiger partial charge in [-0.25, -0.2) is 18.0 Å². The summed E-state index contributed by atoms with van der Waals surface area (Å²) in [6, 6.07) is 10.7. The molecule has 0 aromatic heterocycles. The van der Waals surface area contributed by atoms with Crippen molar-refractivity contribution in [3.63, 3.8) is 0 Å². The van der Waals surface area contributed by atoms with E-state index in [1.165, 1.54) is 42.3 Å². The van der Waals surface area contributed by atoms with Crippen LogP contribution in [0.3, 0.4) is 0 Å². The summed E-state index contributed by atoms with van der Waals surface area (Å²) in [5.41, 5.74) is -2.69. The Morgan fingerprint density at radius 3 is 2.40 bits per heavy atom. The van der Waals surface area contributed by atoms with E-state index in [4.69, 9.17) is 27.9 Å². The van der Waals surface area contributed by atoms with Crippen molar-refractivity contribution in [2.45, 2.75) is 50.6 Å². The fourth-order valence-electron chi connectivity index (χ4n) is 6.76. The zero-order valence-corrected chi connectivity index (χ0v) is 26.6. The van der Waals surface area contributed by atoms with Crippen LogP contribution < -0.4 is 9.64 Å². The van der Waals surface area contributed by atoms with Crippen LogP contribution in [0.2, 0.25) is 10.0 Å². The molecule has 0 N–H and O–H groups in total. The van der Waals surface area contributed by atoms with Gasteiger partial charge in [-0.2, -0.15) is 5.26 Å². The molecule has 3 aromatic rings. The lowest BCUT2D eigenvalue weighted by atomic mass is 9.62. The van der Waals surface area contributed by atoms with Gasteiger partial charge in [-0.15, -0.1) is 0 Å². The highest BCUT2D eigenvalue weighted by molar-refractivity contribution is 6.31. The number of nitrogens with zero attached hydrogens (tertiary/aromatic N) is 3. The normalized spacial score (nSPS) is 23.2. The van der Waals surface area contributed by atoms with Crippen LogP contribution in [0.5, 0.6) is 5.75 Å². The molecule has 2 fully saturated rings. The molecular formula is C33H30Cl2F3N3O4. The molecule has 12 heteroatoms. The lowest BCUT2D eigenvalue weighted by molar-refractivity contribution is -0.119. The number of rotatable bonds is 6. The van der Waals surface area contributed by atoms with Crippen molar-refractivity contribution in [3.8, 4) is 11.8 Å². The molecule has 0 radical (unpaired) electrons. The first-order valence-electron chi connectivity index (χ1n) is 14.0. The fourth-order valence-corrected chi connectivity index (χ4v) is 7.10. The summed E-state index contributed by atoms with van der Waals surface area (Å²) in [6.45, 7) is 5.65. The van der Waals surface area contributed by atoms with E-state index in [1.807, 2.05) is 20.8 Å². The number of ether oxygens (including phenoxy) is 2. The average Bonchev–Trinajstić information content (AvgIpc) is 3.44. The average molecular weight is 661 g/mol. The molecule has 2 saturated heterocycles. The summed E-state index contributed by atoms with van der Waals surface area (Å²) < 4.78 is 57.3. The van der Waals surface area contributed by atoms with Gasteiger partial charge >= 0.3 is 5.97 Å². The predicted molar refractivity (Wildman–Crippen MR) is 163 cm³/mol. The van der Waals surface area contributed by atoms with Crippen molar-refractivity contribution in [1.82, 2.24) is 4.90 Å². The second kappa shape index (κ2) is 11.9. The second-order valence-electron chi connectivity index (χ2n) is 12.4. The maximum absolute atomic E-state index is 16.0. The van der Waals surface area contributed by atoms with Crippen molar-refractivity contribution in [3.05, 3.63) is 92.7 Å². The summed E-state index contributed by atoms with van der Waals surface area (Å²) in [4.78, 5) is 29.7. The molecule has 3 aromatic carbocycles. The van der Waals surface area contributed by atoms with Crippen LogP contribution >= 0.6 is 23.2 Å². The minimum atomic E-state index is -1.79. The summed E-state index contributed by atoms with van der Waals surface area (Å²) in [6.07, 6.45) is 0.283. The van der Waals surface area contributed by atoms with Gasteiger partial charge in [-0.1, -0.05) is 62.2 Å². The molecule has 4 atom stereocenters. The van der Waals surface area contributed by atoms with Gasteiger partial charge in [0.05, 0.1) is 43.2 Å².